The summed E-state index contributed by atoms with van der Waals surface area (Å²) in [7, 11) is -3.64. The van der Waals surface area contributed by atoms with Gasteiger partial charge in [-0.3, -0.25) is 14.3 Å². The third-order valence-electron chi connectivity index (χ3n) is 5.44. The molecule has 3 aromatic rings. The minimum atomic E-state index is -3.64. The van der Waals surface area contributed by atoms with E-state index in [0.717, 1.165) is 5.56 Å². The first-order chi connectivity index (χ1) is 17.0. The lowest BCUT2D eigenvalue weighted by Gasteiger charge is -2.23. The number of esters is 1. The van der Waals surface area contributed by atoms with E-state index in [2.05, 4.69) is 0 Å². The molecule has 180 valence electrons. The molecule has 0 fully saturated rings. The normalized spacial score (nSPS) is 15.3. The van der Waals surface area contributed by atoms with Crippen molar-refractivity contribution >= 4 is 30.0 Å². The van der Waals surface area contributed by atoms with Gasteiger partial charge in [0.2, 0.25) is 0 Å². The standard InChI is InChI=1S/C27H26NO6P/c1-2-32-26(29)24-18-28(27(30)33-20-21-12-6-3-7-13-21)19-25(24)34-35(31,22-14-8-4-9-15-22)23-16-10-5-11-17-23/h3-17,19,24H,2,18,20H2,1H3. The Morgan fingerprint density at radius 3 is 1.94 bits per heavy atom. The molecule has 1 aliphatic rings. The number of carbonyl (C=O) groups excluding carboxylic acids is 2. The highest BCUT2D eigenvalue weighted by Crippen LogP contribution is 2.49. The van der Waals surface area contributed by atoms with Crippen molar-refractivity contribution in [1.29, 1.82) is 0 Å². The molecule has 8 heteroatoms. The summed E-state index contributed by atoms with van der Waals surface area (Å²) in [6, 6.07) is 26.9. The van der Waals surface area contributed by atoms with Gasteiger partial charge >= 0.3 is 19.4 Å². The lowest BCUT2D eigenvalue weighted by molar-refractivity contribution is -0.147. The summed E-state index contributed by atoms with van der Waals surface area (Å²) < 4.78 is 31.1. The van der Waals surface area contributed by atoms with Gasteiger partial charge < -0.3 is 14.0 Å². The van der Waals surface area contributed by atoms with Crippen molar-refractivity contribution in [3.05, 3.63) is 109 Å². The summed E-state index contributed by atoms with van der Waals surface area (Å²) >= 11 is 0. The van der Waals surface area contributed by atoms with Crippen LogP contribution >= 0.6 is 7.37 Å². The third kappa shape index (κ3) is 5.64. The average molecular weight is 491 g/mol. The van der Waals surface area contributed by atoms with Gasteiger partial charge in [-0.05, 0) is 36.8 Å². The highest BCUT2D eigenvalue weighted by atomic mass is 31.2. The first kappa shape index (κ1) is 24.3. The summed E-state index contributed by atoms with van der Waals surface area (Å²) in [6.07, 6.45) is 0.740. The van der Waals surface area contributed by atoms with Crippen molar-refractivity contribution in [3.8, 4) is 0 Å². The Balaban J connectivity index is 1.63. The first-order valence-electron chi connectivity index (χ1n) is 11.3. The number of hydrogen-bond acceptors (Lipinski definition) is 6. The lowest BCUT2D eigenvalue weighted by atomic mass is 10.1. The molecule has 1 atom stereocenters. The maximum Gasteiger partial charge on any atom is 0.414 e. The topological polar surface area (TPSA) is 82.1 Å². The molecule has 1 heterocycles. The predicted molar refractivity (Wildman–Crippen MR) is 132 cm³/mol. The second-order valence-electron chi connectivity index (χ2n) is 7.84. The number of ether oxygens (including phenoxy) is 2. The molecule has 0 bridgehead atoms. The third-order valence-corrected chi connectivity index (χ3v) is 7.87. The van der Waals surface area contributed by atoms with Crippen molar-refractivity contribution in [2.75, 3.05) is 13.2 Å². The molecule has 1 amide bonds. The minimum Gasteiger partial charge on any atom is -0.465 e. The SMILES string of the molecule is CCOC(=O)C1CN(C(=O)OCc2ccccc2)C=C1OP(=O)(c1ccccc1)c1ccccc1. The van der Waals surface area contributed by atoms with Gasteiger partial charge in [-0.25, -0.2) is 4.79 Å². The quantitative estimate of drug-likeness (QED) is 0.338. The van der Waals surface area contributed by atoms with Gasteiger partial charge in [0.25, 0.3) is 0 Å². The van der Waals surface area contributed by atoms with Crippen molar-refractivity contribution in [2.24, 2.45) is 5.92 Å². The number of amides is 1. The zero-order valence-corrected chi connectivity index (χ0v) is 20.2. The Kier molecular flexibility index (Phi) is 7.68. The van der Waals surface area contributed by atoms with Crippen molar-refractivity contribution in [1.82, 2.24) is 4.90 Å². The predicted octanol–water partition coefficient (Wildman–Crippen LogP) is 4.61. The summed E-state index contributed by atoms with van der Waals surface area (Å²) in [5.41, 5.74) is 0.833. The summed E-state index contributed by atoms with van der Waals surface area (Å²) in [6.45, 7) is 1.90. The number of benzene rings is 3. The molecule has 4 rings (SSSR count). The molecule has 0 saturated heterocycles. The van der Waals surface area contributed by atoms with Crippen LogP contribution in [0.25, 0.3) is 0 Å². The van der Waals surface area contributed by atoms with E-state index in [1.54, 1.807) is 55.5 Å². The summed E-state index contributed by atoms with van der Waals surface area (Å²) in [5.74, 6) is -1.40. The monoisotopic (exact) mass is 491 g/mol. The van der Waals surface area contributed by atoms with Gasteiger partial charge in [-0.2, -0.15) is 0 Å². The summed E-state index contributed by atoms with van der Waals surface area (Å²) in [4.78, 5) is 26.8. The molecule has 1 unspecified atom stereocenters. The fourth-order valence-corrected chi connectivity index (χ4v) is 5.79. The van der Waals surface area contributed by atoms with Crippen LogP contribution in [0.1, 0.15) is 12.5 Å². The van der Waals surface area contributed by atoms with Crippen LogP contribution in [0, 0.1) is 5.92 Å². The van der Waals surface area contributed by atoms with Crippen molar-refractivity contribution in [2.45, 2.75) is 13.5 Å². The van der Waals surface area contributed by atoms with Crippen LogP contribution in [-0.4, -0.2) is 30.1 Å². The van der Waals surface area contributed by atoms with Crippen LogP contribution in [0.5, 0.6) is 0 Å². The molecule has 1 aliphatic heterocycles. The maximum absolute atomic E-state index is 14.3. The van der Waals surface area contributed by atoms with E-state index in [4.69, 9.17) is 14.0 Å². The average Bonchev–Trinajstić information content (AvgIpc) is 3.33. The van der Waals surface area contributed by atoms with E-state index in [9.17, 15) is 14.2 Å². The summed E-state index contributed by atoms with van der Waals surface area (Å²) in [5, 5.41) is 0.944. The Bertz CT molecular complexity index is 1190. The second kappa shape index (κ2) is 11.1. The first-order valence-corrected chi connectivity index (χ1v) is 12.9. The van der Waals surface area contributed by atoms with Gasteiger partial charge in [0, 0.05) is 12.7 Å². The van der Waals surface area contributed by atoms with Crippen LogP contribution in [0.15, 0.2) is 103 Å². The number of carbonyl (C=O) groups is 2. The highest BCUT2D eigenvalue weighted by molar-refractivity contribution is 7.74. The molecule has 7 nitrogen and oxygen atoms in total. The number of rotatable bonds is 8. The molecular weight excluding hydrogens is 465 g/mol. The van der Waals surface area contributed by atoms with Crippen LogP contribution < -0.4 is 10.6 Å². The lowest BCUT2D eigenvalue weighted by Crippen LogP contribution is -2.30. The molecular formula is C27H26NO6P. The van der Waals surface area contributed by atoms with E-state index in [0.29, 0.717) is 10.6 Å². The fourth-order valence-electron chi connectivity index (χ4n) is 3.68. The molecule has 0 N–H and O–H groups in total. The Morgan fingerprint density at radius 1 is 0.857 bits per heavy atom. The Labute approximate surface area is 204 Å². The van der Waals surface area contributed by atoms with E-state index in [-0.39, 0.29) is 25.5 Å². The molecule has 3 aromatic carbocycles. The number of hydrogen-bond donors (Lipinski definition) is 0. The van der Waals surface area contributed by atoms with Crippen LogP contribution in [-0.2, 0) is 30.0 Å². The molecule has 0 radical (unpaired) electrons. The van der Waals surface area contributed by atoms with Gasteiger partial charge in [-0.15, -0.1) is 0 Å². The van der Waals surface area contributed by atoms with E-state index >= 15 is 0 Å². The van der Waals surface area contributed by atoms with E-state index in [1.807, 2.05) is 42.5 Å². The zero-order chi connectivity index (χ0) is 24.7. The number of nitrogens with zero attached hydrogens (tertiary/aromatic N) is 1. The Hall–Kier alpha value is -3.83. The molecule has 35 heavy (non-hydrogen) atoms. The fraction of sp³-hybridized carbons (Fsp3) is 0.185. The van der Waals surface area contributed by atoms with E-state index in [1.165, 1.54) is 11.1 Å². The van der Waals surface area contributed by atoms with Crippen LogP contribution in [0.2, 0.25) is 0 Å². The molecule has 0 spiro atoms. The van der Waals surface area contributed by atoms with Crippen LogP contribution in [0.4, 0.5) is 4.79 Å². The van der Waals surface area contributed by atoms with E-state index < -0.39 is 25.3 Å². The molecule has 0 aromatic heterocycles. The van der Waals surface area contributed by atoms with Gasteiger partial charge in [-0.1, -0.05) is 66.7 Å². The second-order valence-corrected chi connectivity index (χ2v) is 10.2. The molecule has 0 saturated carbocycles. The highest BCUT2D eigenvalue weighted by Gasteiger charge is 2.41. The van der Waals surface area contributed by atoms with Gasteiger partial charge in [0.15, 0.2) is 0 Å². The van der Waals surface area contributed by atoms with Crippen molar-refractivity contribution in [3.63, 3.8) is 0 Å². The zero-order valence-electron chi connectivity index (χ0n) is 19.3. The smallest absolute Gasteiger partial charge is 0.414 e. The Morgan fingerprint density at radius 2 is 1.40 bits per heavy atom. The van der Waals surface area contributed by atoms with Gasteiger partial charge in [0.05, 0.1) is 17.2 Å². The van der Waals surface area contributed by atoms with Crippen molar-refractivity contribution < 1.29 is 28.2 Å². The molecule has 0 aliphatic carbocycles. The largest absolute Gasteiger partial charge is 0.465 e. The maximum atomic E-state index is 14.3. The minimum absolute atomic E-state index is 0.0363. The van der Waals surface area contributed by atoms with Gasteiger partial charge in [0.1, 0.15) is 18.3 Å². The van der Waals surface area contributed by atoms with Crippen LogP contribution in [0.3, 0.4) is 0 Å².